The Labute approximate surface area is 224 Å². The van der Waals surface area contributed by atoms with Gasteiger partial charge in [-0.2, -0.15) is 9.49 Å². The monoisotopic (exact) mass is 576 g/mol. The summed E-state index contributed by atoms with van der Waals surface area (Å²) in [7, 11) is 2.68. The summed E-state index contributed by atoms with van der Waals surface area (Å²) in [5, 5.41) is 15.4. The van der Waals surface area contributed by atoms with Crippen molar-refractivity contribution < 1.29 is 28.3 Å². The smallest absolute Gasteiger partial charge is 0.489 e. The molecule has 9 nitrogen and oxygen atoms in total. The van der Waals surface area contributed by atoms with Crippen LogP contribution in [0.2, 0.25) is 0 Å². The first kappa shape index (κ1) is 27.5. The standard InChI is InChI=1S/C25H31BBrFN4O5/c1-23(2)25(4,37-26(36-23)16-7-8-20(28)29-12-16)10-9-24(3,34)15-35-17-11-19(27)21-18(22(33)31(5)6)13-30-32(21)14-17/h7-8,11-14,34H,9-10,15H2,1-6H3. The Morgan fingerprint density at radius 3 is 2.68 bits per heavy atom. The number of pyridine rings is 2. The van der Waals surface area contributed by atoms with E-state index in [1.54, 1.807) is 43.9 Å². The molecule has 0 spiro atoms. The molecule has 37 heavy (non-hydrogen) atoms. The number of hydrogen-bond acceptors (Lipinski definition) is 7. The normalized spacial score (nSPS) is 20.7. The van der Waals surface area contributed by atoms with E-state index >= 15 is 0 Å². The summed E-state index contributed by atoms with van der Waals surface area (Å²) in [4.78, 5) is 17.6. The van der Waals surface area contributed by atoms with Crippen LogP contribution in [0.3, 0.4) is 0 Å². The van der Waals surface area contributed by atoms with Crippen LogP contribution in [0.5, 0.6) is 5.75 Å². The lowest BCUT2D eigenvalue weighted by Crippen LogP contribution is -2.46. The van der Waals surface area contributed by atoms with Crippen LogP contribution in [-0.4, -0.2) is 75.1 Å². The quantitative estimate of drug-likeness (QED) is 0.325. The van der Waals surface area contributed by atoms with Gasteiger partial charge in [0.05, 0.1) is 40.3 Å². The van der Waals surface area contributed by atoms with Crippen molar-refractivity contribution in [2.24, 2.45) is 0 Å². The molecule has 12 heteroatoms. The molecule has 2 unspecified atom stereocenters. The molecule has 0 bridgehead atoms. The fourth-order valence-electron chi connectivity index (χ4n) is 4.16. The van der Waals surface area contributed by atoms with Gasteiger partial charge in [0.2, 0.25) is 5.95 Å². The highest BCUT2D eigenvalue weighted by Gasteiger charge is 2.54. The molecule has 2 atom stereocenters. The van der Waals surface area contributed by atoms with Crippen molar-refractivity contribution in [3.63, 3.8) is 0 Å². The summed E-state index contributed by atoms with van der Waals surface area (Å²) >= 11 is 3.51. The lowest BCUT2D eigenvalue weighted by molar-refractivity contribution is -0.0504. The Morgan fingerprint density at radius 1 is 1.30 bits per heavy atom. The van der Waals surface area contributed by atoms with Gasteiger partial charge >= 0.3 is 7.12 Å². The van der Waals surface area contributed by atoms with E-state index in [1.807, 2.05) is 20.8 Å². The number of nitrogens with zero attached hydrogens (tertiary/aromatic N) is 4. The highest BCUT2D eigenvalue weighted by atomic mass is 79.9. The summed E-state index contributed by atoms with van der Waals surface area (Å²) in [5.41, 5.74) is -0.820. The molecule has 4 rings (SSSR count). The highest BCUT2D eigenvalue weighted by molar-refractivity contribution is 9.10. The van der Waals surface area contributed by atoms with E-state index in [1.165, 1.54) is 23.4 Å². The molecule has 1 aliphatic heterocycles. The third-order valence-corrected chi connectivity index (χ3v) is 7.54. The molecule has 0 saturated carbocycles. The molecule has 3 aromatic rings. The Morgan fingerprint density at radius 2 is 2.03 bits per heavy atom. The molecule has 1 amide bonds. The zero-order valence-electron chi connectivity index (χ0n) is 21.8. The minimum atomic E-state index is -1.17. The second kappa shape index (κ2) is 9.97. The predicted molar refractivity (Wildman–Crippen MR) is 140 cm³/mol. The van der Waals surface area contributed by atoms with Crippen LogP contribution >= 0.6 is 15.9 Å². The van der Waals surface area contributed by atoms with E-state index in [0.717, 1.165) is 0 Å². The number of carbonyl (C=O) groups is 1. The lowest BCUT2D eigenvalue weighted by Gasteiger charge is -2.38. The summed E-state index contributed by atoms with van der Waals surface area (Å²) < 4.78 is 33.8. The van der Waals surface area contributed by atoms with Gasteiger partial charge in [0.25, 0.3) is 5.91 Å². The minimum absolute atomic E-state index is 0.0262. The first-order valence-corrected chi connectivity index (χ1v) is 12.7. The Hall–Kier alpha value is -2.54. The predicted octanol–water partition coefficient (Wildman–Crippen LogP) is 3.22. The molecule has 0 aromatic carbocycles. The number of hydrogen-bond donors (Lipinski definition) is 1. The Kier molecular flexibility index (Phi) is 7.41. The van der Waals surface area contributed by atoms with Gasteiger partial charge in [-0.25, -0.2) is 9.50 Å². The van der Waals surface area contributed by atoms with Crippen molar-refractivity contribution >= 4 is 39.9 Å². The van der Waals surface area contributed by atoms with Gasteiger partial charge in [-0.3, -0.25) is 4.79 Å². The van der Waals surface area contributed by atoms with Crippen LogP contribution < -0.4 is 10.2 Å². The van der Waals surface area contributed by atoms with E-state index in [4.69, 9.17) is 14.0 Å². The molecule has 0 radical (unpaired) electrons. The fraction of sp³-hybridized carbons (Fsp3) is 0.480. The number of halogens is 2. The van der Waals surface area contributed by atoms with Gasteiger partial charge in [-0.1, -0.05) is 6.07 Å². The van der Waals surface area contributed by atoms with Gasteiger partial charge in [0.15, 0.2) is 0 Å². The van der Waals surface area contributed by atoms with Crippen molar-refractivity contribution in [1.82, 2.24) is 19.5 Å². The molecular weight excluding hydrogens is 546 g/mol. The summed E-state index contributed by atoms with van der Waals surface area (Å²) in [6.45, 7) is 7.53. The molecule has 1 aliphatic rings. The average Bonchev–Trinajstić information content (AvgIpc) is 3.35. The number of aliphatic hydroxyl groups is 1. The van der Waals surface area contributed by atoms with E-state index < -0.39 is 29.9 Å². The minimum Gasteiger partial charge on any atom is -0.489 e. The van der Waals surface area contributed by atoms with E-state index in [-0.39, 0.29) is 12.5 Å². The Bertz CT molecular complexity index is 1300. The maximum absolute atomic E-state index is 13.2. The third-order valence-electron chi connectivity index (χ3n) is 6.93. The number of fused-ring (bicyclic) bond motifs is 1. The van der Waals surface area contributed by atoms with Crippen molar-refractivity contribution in [1.29, 1.82) is 0 Å². The molecule has 3 aromatic heterocycles. The largest absolute Gasteiger partial charge is 0.496 e. The fourth-order valence-corrected chi connectivity index (χ4v) is 4.78. The average molecular weight is 577 g/mol. The van der Waals surface area contributed by atoms with Crippen LogP contribution in [0, 0.1) is 5.95 Å². The van der Waals surface area contributed by atoms with Crippen molar-refractivity contribution in [2.45, 2.75) is 57.3 Å². The first-order valence-electron chi connectivity index (χ1n) is 11.9. The van der Waals surface area contributed by atoms with Crippen LogP contribution in [0.25, 0.3) is 5.52 Å². The van der Waals surface area contributed by atoms with Gasteiger partial charge in [-0.05, 0) is 68.6 Å². The van der Waals surface area contributed by atoms with E-state index in [0.29, 0.717) is 39.6 Å². The summed E-state index contributed by atoms with van der Waals surface area (Å²) in [6, 6.07) is 4.61. The lowest BCUT2D eigenvalue weighted by atomic mass is 9.80. The number of amides is 1. The molecule has 198 valence electrons. The SMILES string of the molecule is CN(C)C(=O)c1cnn2cc(OCC(C)(O)CCC3(C)OB(c4ccc(F)nc4)OC3(C)C)cc(Br)c12. The number of rotatable bonds is 8. The van der Waals surface area contributed by atoms with Gasteiger partial charge in [-0.15, -0.1) is 0 Å². The van der Waals surface area contributed by atoms with Gasteiger partial charge < -0.3 is 24.1 Å². The maximum atomic E-state index is 13.2. The molecule has 4 heterocycles. The molecule has 1 N–H and O–H groups in total. The topological polar surface area (TPSA) is 98.4 Å². The zero-order valence-corrected chi connectivity index (χ0v) is 23.4. The first-order chi connectivity index (χ1) is 17.2. The van der Waals surface area contributed by atoms with E-state index in [9.17, 15) is 14.3 Å². The third kappa shape index (κ3) is 5.67. The molecule has 1 fully saturated rings. The summed E-state index contributed by atoms with van der Waals surface area (Å²) in [6.07, 6.45) is 5.45. The zero-order chi connectivity index (χ0) is 27.2. The number of aromatic nitrogens is 3. The van der Waals surface area contributed by atoms with Crippen LogP contribution in [0.15, 0.2) is 41.3 Å². The van der Waals surface area contributed by atoms with E-state index in [2.05, 4.69) is 26.0 Å². The van der Waals surface area contributed by atoms with Gasteiger partial charge in [0.1, 0.15) is 12.4 Å². The summed E-state index contributed by atoms with van der Waals surface area (Å²) in [5.74, 6) is -0.233. The van der Waals surface area contributed by atoms with Crippen LogP contribution in [0.4, 0.5) is 4.39 Å². The second-order valence-electron chi connectivity index (χ2n) is 10.6. The van der Waals surface area contributed by atoms with Crippen molar-refractivity contribution in [3.05, 3.63) is 52.8 Å². The van der Waals surface area contributed by atoms with Gasteiger partial charge in [0, 0.05) is 30.2 Å². The van der Waals surface area contributed by atoms with Crippen molar-refractivity contribution in [2.75, 3.05) is 20.7 Å². The van der Waals surface area contributed by atoms with Crippen LogP contribution in [0.1, 0.15) is 50.9 Å². The molecule has 1 saturated heterocycles. The number of carbonyl (C=O) groups excluding carboxylic acids is 1. The second-order valence-corrected chi connectivity index (χ2v) is 11.4. The number of ether oxygens (including phenoxy) is 1. The van der Waals surface area contributed by atoms with Crippen LogP contribution in [-0.2, 0) is 9.31 Å². The molecular formula is C25H31BBrFN4O5. The van der Waals surface area contributed by atoms with Crippen molar-refractivity contribution in [3.8, 4) is 5.75 Å². The maximum Gasteiger partial charge on any atom is 0.496 e. The Balaban J connectivity index is 1.41. The molecule has 0 aliphatic carbocycles. The highest BCUT2D eigenvalue weighted by Crippen LogP contribution is 2.41.